The largest absolute Gasteiger partial charge is 0.430 e. The second-order valence-electron chi connectivity index (χ2n) is 7.05. The molecule has 0 aliphatic heterocycles. The molecule has 4 aromatic rings. The van der Waals surface area contributed by atoms with Crippen molar-refractivity contribution in [3.8, 4) is 22.2 Å². The molecule has 8 nitrogen and oxygen atoms in total. The van der Waals surface area contributed by atoms with Crippen molar-refractivity contribution in [2.75, 3.05) is 12.0 Å². The third-order valence-corrected chi connectivity index (χ3v) is 5.41. The lowest BCUT2D eigenvalue weighted by molar-refractivity contribution is 0.137. The van der Waals surface area contributed by atoms with Gasteiger partial charge in [0.15, 0.2) is 0 Å². The lowest BCUT2D eigenvalue weighted by Crippen LogP contribution is -2.09. The monoisotopic (exact) mass is 452 g/mol. The Hall–Kier alpha value is -3.50. The van der Waals surface area contributed by atoms with Gasteiger partial charge < -0.3 is 14.8 Å². The molecule has 164 valence electrons. The van der Waals surface area contributed by atoms with Gasteiger partial charge in [0, 0.05) is 28.9 Å². The number of nitrogens with zero attached hydrogens (tertiary/aromatic N) is 5. The van der Waals surface area contributed by atoms with Crippen LogP contribution in [0.5, 0.6) is 10.9 Å². The van der Waals surface area contributed by atoms with Crippen LogP contribution in [0.2, 0.25) is 0 Å². The molecule has 0 saturated heterocycles. The Balaban J connectivity index is 1.37. The van der Waals surface area contributed by atoms with Crippen molar-refractivity contribution < 1.29 is 13.9 Å². The molecule has 0 atom stereocenters. The van der Waals surface area contributed by atoms with E-state index in [1.807, 2.05) is 32.0 Å². The van der Waals surface area contributed by atoms with E-state index in [9.17, 15) is 4.39 Å². The number of nitrogens with one attached hydrogen (secondary N) is 1. The molecule has 0 amide bonds. The normalized spacial score (nSPS) is 10.9. The van der Waals surface area contributed by atoms with Gasteiger partial charge in [-0.1, -0.05) is 6.07 Å². The molecule has 0 bridgehead atoms. The first-order valence-electron chi connectivity index (χ1n) is 9.81. The van der Waals surface area contributed by atoms with Gasteiger partial charge in [0.25, 0.3) is 5.19 Å². The van der Waals surface area contributed by atoms with Crippen LogP contribution in [0.4, 0.5) is 10.2 Å². The first kappa shape index (κ1) is 21.7. The van der Waals surface area contributed by atoms with Crippen LogP contribution in [0.25, 0.3) is 11.3 Å². The van der Waals surface area contributed by atoms with Crippen LogP contribution in [0.1, 0.15) is 22.5 Å². The Morgan fingerprint density at radius 1 is 1.06 bits per heavy atom. The van der Waals surface area contributed by atoms with Gasteiger partial charge in [-0.05, 0) is 44.0 Å². The number of pyridine rings is 1. The third kappa shape index (κ3) is 5.21. The summed E-state index contributed by atoms with van der Waals surface area (Å²) in [5.74, 6) is 1.56. The predicted molar refractivity (Wildman–Crippen MR) is 119 cm³/mol. The number of ether oxygens (including phenoxy) is 2. The summed E-state index contributed by atoms with van der Waals surface area (Å²) in [7, 11) is 0. The summed E-state index contributed by atoms with van der Waals surface area (Å²) in [6.45, 7) is 5.96. The Morgan fingerprint density at radius 2 is 1.94 bits per heavy atom. The molecule has 32 heavy (non-hydrogen) atoms. The molecule has 0 spiro atoms. The molecule has 0 fully saturated rings. The number of aromatic nitrogens is 5. The topological polar surface area (TPSA) is 94.9 Å². The van der Waals surface area contributed by atoms with Crippen LogP contribution in [0.3, 0.4) is 0 Å². The van der Waals surface area contributed by atoms with Crippen molar-refractivity contribution in [3.63, 3.8) is 0 Å². The van der Waals surface area contributed by atoms with Crippen molar-refractivity contribution in [2.45, 2.75) is 27.4 Å². The minimum absolute atomic E-state index is 0.202. The highest BCUT2D eigenvalue weighted by molar-refractivity contribution is 7.07. The fraction of sp³-hybridized carbons (Fsp3) is 0.227. The summed E-state index contributed by atoms with van der Waals surface area (Å²) >= 11 is 1.21. The highest BCUT2D eigenvalue weighted by Gasteiger charge is 2.10. The fourth-order valence-corrected chi connectivity index (χ4v) is 3.45. The summed E-state index contributed by atoms with van der Waals surface area (Å²) in [5.41, 5.74) is 3.91. The van der Waals surface area contributed by atoms with Crippen LogP contribution >= 0.6 is 11.5 Å². The van der Waals surface area contributed by atoms with Crippen molar-refractivity contribution >= 4 is 17.4 Å². The summed E-state index contributed by atoms with van der Waals surface area (Å²) in [6, 6.07) is 5.75. The first-order valence-corrected chi connectivity index (χ1v) is 10.6. The number of hydrogen-bond acceptors (Lipinski definition) is 9. The molecule has 0 unspecified atom stereocenters. The minimum atomic E-state index is -0.344. The summed E-state index contributed by atoms with van der Waals surface area (Å²) < 4.78 is 29.0. The maximum Gasteiger partial charge on any atom is 0.298 e. The van der Waals surface area contributed by atoms with Crippen molar-refractivity contribution in [1.29, 1.82) is 0 Å². The van der Waals surface area contributed by atoms with Crippen LogP contribution < -0.4 is 10.1 Å². The molecule has 4 rings (SSSR count). The smallest absolute Gasteiger partial charge is 0.298 e. The van der Waals surface area contributed by atoms with Crippen LogP contribution in [-0.2, 0) is 11.3 Å². The van der Waals surface area contributed by atoms with E-state index in [1.54, 1.807) is 25.5 Å². The molecule has 3 aromatic heterocycles. The first-order chi connectivity index (χ1) is 15.5. The number of hydrogen-bond donors (Lipinski definition) is 1. The SMILES string of the molecule is Cc1nsc(Oc2ccc(C)c(-c3cnc(NCOCc4cncc(F)c4C)cn3)c2)n1. The number of rotatable bonds is 8. The van der Waals surface area contributed by atoms with E-state index in [0.717, 1.165) is 11.1 Å². The van der Waals surface area contributed by atoms with E-state index in [0.29, 0.717) is 39.4 Å². The highest BCUT2D eigenvalue weighted by atomic mass is 32.1. The molecule has 0 saturated carbocycles. The van der Waals surface area contributed by atoms with Gasteiger partial charge >= 0.3 is 0 Å². The Kier molecular flexibility index (Phi) is 6.62. The summed E-state index contributed by atoms with van der Waals surface area (Å²) in [6.07, 6.45) is 6.10. The van der Waals surface area contributed by atoms with Gasteiger partial charge in [-0.15, -0.1) is 0 Å². The average Bonchev–Trinajstić information content (AvgIpc) is 3.20. The molecule has 0 radical (unpaired) electrons. The van der Waals surface area contributed by atoms with Crippen molar-refractivity contribution in [1.82, 2.24) is 24.3 Å². The average molecular weight is 453 g/mol. The molecule has 1 N–H and O–H groups in total. The standard InChI is InChI=1S/C22H21FN6O2S/c1-13-4-5-17(31-22-28-15(3)29-32-22)6-18(13)20-9-26-21(10-25-20)27-12-30-11-16-7-24-8-19(23)14(16)2/h4-10H,11-12H2,1-3H3,(H,26,27). The molecule has 1 aromatic carbocycles. The van der Waals surface area contributed by atoms with Gasteiger partial charge in [-0.25, -0.2) is 9.37 Å². The number of halogens is 1. The maximum atomic E-state index is 13.5. The zero-order valence-corrected chi connectivity index (χ0v) is 18.6. The van der Waals surface area contributed by atoms with E-state index in [2.05, 4.69) is 29.6 Å². The van der Waals surface area contributed by atoms with Gasteiger partial charge in [0.1, 0.15) is 29.9 Å². The minimum Gasteiger partial charge on any atom is -0.430 e. The van der Waals surface area contributed by atoms with Crippen LogP contribution in [-0.4, -0.2) is 31.0 Å². The molecule has 10 heteroatoms. The van der Waals surface area contributed by atoms with Gasteiger partial charge in [0.2, 0.25) is 0 Å². The van der Waals surface area contributed by atoms with Crippen molar-refractivity contribution in [3.05, 3.63) is 71.3 Å². The number of aryl methyl sites for hydroxylation is 2. The van der Waals surface area contributed by atoms with Gasteiger partial charge in [-0.3, -0.25) is 9.97 Å². The molecule has 3 heterocycles. The fourth-order valence-electron chi connectivity index (χ4n) is 2.89. The lowest BCUT2D eigenvalue weighted by Gasteiger charge is -2.10. The number of benzene rings is 1. The molecular formula is C22H21FN6O2S. The summed E-state index contributed by atoms with van der Waals surface area (Å²) in [5, 5.41) is 3.53. The third-order valence-electron chi connectivity index (χ3n) is 4.72. The zero-order valence-electron chi connectivity index (χ0n) is 17.8. The van der Waals surface area contributed by atoms with E-state index in [1.165, 1.54) is 17.7 Å². The van der Waals surface area contributed by atoms with Gasteiger partial charge in [-0.2, -0.15) is 9.36 Å². The molecule has 0 aliphatic rings. The zero-order chi connectivity index (χ0) is 22.5. The molecular weight excluding hydrogens is 431 g/mol. The van der Waals surface area contributed by atoms with E-state index in [-0.39, 0.29) is 19.2 Å². The predicted octanol–water partition coefficient (Wildman–Crippen LogP) is 4.83. The summed E-state index contributed by atoms with van der Waals surface area (Å²) in [4.78, 5) is 17.0. The van der Waals surface area contributed by atoms with E-state index in [4.69, 9.17) is 9.47 Å². The van der Waals surface area contributed by atoms with Gasteiger partial charge in [0.05, 0.1) is 30.9 Å². The number of anilines is 1. The Labute approximate surface area is 188 Å². The van der Waals surface area contributed by atoms with Crippen LogP contribution in [0, 0.1) is 26.6 Å². The Morgan fingerprint density at radius 3 is 2.69 bits per heavy atom. The Bertz CT molecular complexity index is 1220. The van der Waals surface area contributed by atoms with Crippen molar-refractivity contribution in [2.24, 2.45) is 0 Å². The highest BCUT2D eigenvalue weighted by Crippen LogP contribution is 2.29. The second kappa shape index (κ2) is 9.75. The maximum absolute atomic E-state index is 13.5. The second-order valence-corrected chi connectivity index (χ2v) is 7.76. The van der Waals surface area contributed by atoms with Crippen LogP contribution in [0.15, 0.2) is 43.0 Å². The molecule has 0 aliphatic carbocycles. The quantitative estimate of drug-likeness (QED) is 0.300. The van der Waals surface area contributed by atoms with E-state index < -0.39 is 0 Å². The van der Waals surface area contributed by atoms with E-state index >= 15 is 0 Å². The lowest BCUT2D eigenvalue weighted by atomic mass is 10.1.